The number of methoxy groups -OCH3 is 1. The summed E-state index contributed by atoms with van der Waals surface area (Å²) < 4.78 is 15.7. The second-order valence-electron chi connectivity index (χ2n) is 5.92. The third-order valence-electron chi connectivity index (χ3n) is 3.83. The molecule has 1 N–H and O–H groups in total. The number of carbonyl (C=O) groups excluding carboxylic acids is 2. The van der Waals surface area contributed by atoms with Gasteiger partial charge >= 0.3 is 5.97 Å². The van der Waals surface area contributed by atoms with Crippen LogP contribution < -0.4 is 14.8 Å². The Morgan fingerprint density at radius 1 is 1.29 bits per heavy atom. The molecule has 1 aromatic carbocycles. The molecule has 0 spiro atoms. The number of nitrogens with one attached hydrogen (secondary N) is 1. The van der Waals surface area contributed by atoms with Gasteiger partial charge in [0.15, 0.2) is 11.5 Å². The van der Waals surface area contributed by atoms with Gasteiger partial charge in [-0.05, 0) is 42.3 Å². The minimum absolute atomic E-state index is 0.0682. The average Bonchev–Trinajstić information content (AvgIpc) is 3.23. The molecule has 1 aromatic heterocycles. The van der Waals surface area contributed by atoms with Crippen LogP contribution in [0.4, 0.5) is 0 Å². The predicted molar refractivity (Wildman–Crippen MR) is 102 cm³/mol. The smallest absolute Gasteiger partial charge is 0.311 e. The molecule has 2 rings (SSSR count). The zero-order valence-electron chi connectivity index (χ0n) is 15.9. The number of hydrogen-bond acceptors (Lipinski definition) is 6. The average molecular weight is 382 g/mol. The Hall–Kier alpha value is -3.53. The number of rotatable bonds is 9. The van der Waals surface area contributed by atoms with Crippen molar-refractivity contribution in [3.8, 4) is 17.6 Å². The number of benzene rings is 1. The molecule has 7 nitrogen and oxygen atoms in total. The fourth-order valence-corrected chi connectivity index (χ4v) is 2.34. The summed E-state index contributed by atoms with van der Waals surface area (Å²) in [5, 5.41) is 11.9. The molecule has 0 unspecified atom stereocenters. The molecule has 0 aliphatic rings. The molecule has 28 heavy (non-hydrogen) atoms. The number of amides is 1. The van der Waals surface area contributed by atoms with Gasteiger partial charge in [0.05, 0.1) is 19.9 Å². The molecule has 2 aromatic rings. The van der Waals surface area contributed by atoms with Gasteiger partial charge in [-0.3, -0.25) is 9.59 Å². The third kappa shape index (κ3) is 6.02. The molecule has 1 heterocycles. The first-order valence-electron chi connectivity index (χ1n) is 8.88. The van der Waals surface area contributed by atoms with E-state index >= 15 is 0 Å². The van der Waals surface area contributed by atoms with Gasteiger partial charge < -0.3 is 19.2 Å². The van der Waals surface area contributed by atoms with Crippen molar-refractivity contribution >= 4 is 18.0 Å². The third-order valence-corrected chi connectivity index (χ3v) is 3.83. The van der Waals surface area contributed by atoms with E-state index in [9.17, 15) is 14.9 Å². The summed E-state index contributed by atoms with van der Waals surface area (Å²) in [6.07, 6.45) is 4.92. The molecule has 0 saturated carbocycles. The number of nitriles is 1. The van der Waals surface area contributed by atoms with Gasteiger partial charge in [-0.15, -0.1) is 0 Å². The Bertz CT molecular complexity index is 879. The fraction of sp³-hybridized carbons (Fsp3) is 0.286. The van der Waals surface area contributed by atoms with Gasteiger partial charge in [-0.25, -0.2) is 0 Å². The summed E-state index contributed by atoms with van der Waals surface area (Å²) >= 11 is 0. The second kappa shape index (κ2) is 10.6. The van der Waals surface area contributed by atoms with Crippen LogP contribution in [0.25, 0.3) is 6.08 Å². The SMILES string of the molecule is CCCCC(=O)Oc1ccc(/C=C(\C#N)C(=O)NCc2ccco2)cc1OC. The highest BCUT2D eigenvalue weighted by Gasteiger charge is 2.13. The Kier molecular flexibility index (Phi) is 7.85. The highest BCUT2D eigenvalue weighted by atomic mass is 16.6. The zero-order chi connectivity index (χ0) is 20.4. The molecule has 146 valence electrons. The molecule has 0 bridgehead atoms. The zero-order valence-corrected chi connectivity index (χ0v) is 15.9. The van der Waals surface area contributed by atoms with Crippen LogP contribution in [0, 0.1) is 11.3 Å². The van der Waals surface area contributed by atoms with Crippen molar-refractivity contribution in [1.29, 1.82) is 5.26 Å². The summed E-state index contributed by atoms with van der Waals surface area (Å²) in [5.41, 5.74) is 0.496. The van der Waals surface area contributed by atoms with E-state index in [1.165, 1.54) is 19.4 Å². The van der Waals surface area contributed by atoms with Gasteiger partial charge in [0.1, 0.15) is 17.4 Å². The first kappa shape index (κ1) is 20.8. The second-order valence-corrected chi connectivity index (χ2v) is 5.92. The van der Waals surface area contributed by atoms with E-state index in [0.29, 0.717) is 29.2 Å². The standard InChI is InChI=1S/C21H22N2O5/c1-3-4-7-20(24)28-18-9-8-15(12-19(18)26-2)11-16(13-22)21(25)23-14-17-6-5-10-27-17/h5-6,8-12H,3-4,7,14H2,1-2H3,(H,23,25)/b16-11+. The van der Waals surface area contributed by atoms with Gasteiger partial charge in [0, 0.05) is 6.42 Å². The van der Waals surface area contributed by atoms with E-state index in [1.54, 1.807) is 30.3 Å². The van der Waals surface area contributed by atoms with Crippen molar-refractivity contribution in [3.63, 3.8) is 0 Å². The van der Waals surface area contributed by atoms with Crippen LogP contribution >= 0.6 is 0 Å². The molecule has 0 fully saturated rings. The van der Waals surface area contributed by atoms with Gasteiger partial charge in [0.2, 0.25) is 0 Å². The highest BCUT2D eigenvalue weighted by molar-refractivity contribution is 6.01. The van der Waals surface area contributed by atoms with Crippen LogP contribution in [-0.2, 0) is 16.1 Å². The predicted octanol–water partition coefficient (Wildman–Crippen LogP) is 3.61. The molecule has 1 amide bonds. The number of hydrogen-bond donors (Lipinski definition) is 1. The molecule has 0 atom stereocenters. The molecule has 0 aliphatic heterocycles. The molecular weight excluding hydrogens is 360 g/mol. The number of unbranched alkanes of at least 4 members (excludes halogenated alkanes) is 1. The topological polar surface area (TPSA) is 102 Å². The molecule has 0 radical (unpaired) electrons. The van der Waals surface area contributed by atoms with E-state index < -0.39 is 5.91 Å². The van der Waals surface area contributed by atoms with Crippen LogP contribution in [0.2, 0.25) is 0 Å². The highest BCUT2D eigenvalue weighted by Crippen LogP contribution is 2.29. The largest absolute Gasteiger partial charge is 0.493 e. The van der Waals surface area contributed by atoms with Crippen LogP contribution in [-0.4, -0.2) is 19.0 Å². The Labute approximate surface area is 163 Å². The molecular formula is C21H22N2O5. The lowest BCUT2D eigenvalue weighted by molar-refractivity contribution is -0.134. The van der Waals surface area contributed by atoms with E-state index in [1.807, 2.05) is 13.0 Å². The quantitative estimate of drug-likeness (QED) is 0.308. The summed E-state index contributed by atoms with van der Waals surface area (Å²) in [7, 11) is 1.45. The van der Waals surface area contributed by atoms with E-state index in [4.69, 9.17) is 13.9 Å². The minimum Gasteiger partial charge on any atom is -0.493 e. The normalized spacial score (nSPS) is 10.8. The van der Waals surface area contributed by atoms with Gasteiger partial charge in [-0.2, -0.15) is 5.26 Å². The number of ether oxygens (including phenoxy) is 2. The summed E-state index contributed by atoms with van der Waals surface area (Å²) in [4.78, 5) is 24.0. The number of furan rings is 1. The van der Waals surface area contributed by atoms with Crippen molar-refractivity contribution < 1.29 is 23.5 Å². The summed E-state index contributed by atoms with van der Waals surface area (Å²) in [5.74, 6) is 0.362. The van der Waals surface area contributed by atoms with Crippen LogP contribution in [0.1, 0.15) is 37.5 Å². The Morgan fingerprint density at radius 2 is 2.11 bits per heavy atom. The summed E-state index contributed by atoms with van der Waals surface area (Å²) in [6, 6.07) is 10.1. The van der Waals surface area contributed by atoms with E-state index in [-0.39, 0.29) is 18.1 Å². The van der Waals surface area contributed by atoms with Crippen molar-refractivity contribution in [2.24, 2.45) is 0 Å². The Morgan fingerprint density at radius 3 is 2.75 bits per heavy atom. The van der Waals surface area contributed by atoms with Crippen molar-refractivity contribution in [2.75, 3.05) is 7.11 Å². The van der Waals surface area contributed by atoms with Crippen molar-refractivity contribution in [3.05, 3.63) is 53.5 Å². The van der Waals surface area contributed by atoms with Crippen molar-refractivity contribution in [1.82, 2.24) is 5.32 Å². The van der Waals surface area contributed by atoms with E-state index in [0.717, 1.165) is 12.8 Å². The fourth-order valence-electron chi connectivity index (χ4n) is 2.34. The lowest BCUT2D eigenvalue weighted by Crippen LogP contribution is -2.23. The van der Waals surface area contributed by atoms with Crippen LogP contribution in [0.5, 0.6) is 11.5 Å². The summed E-state index contributed by atoms with van der Waals surface area (Å²) in [6.45, 7) is 2.17. The maximum atomic E-state index is 12.2. The number of carbonyl (C=O) groups is 2. The number of esters is 1. The van der Waals surface area contributed by atoms with Crippen LogP contribution in [0.3, 0.4) is 0 Å². The van der Waals surface area contributed by atoms with Gasteiger partial charge in [0.25, 0.3) is 5.91 Å². The lowest BCUT2D eigenvalue weighted by Gasteiger charge is -2.10. The van der Waals surface area contributed by atoms with Gasteiger partial charge in [-0.1, -0.05) is 19.4 Å². The van der Waals surface area contributed by atoms with Crippen molar-refractivity contribution in [2.45, 2.75) is 32.7 Å². The number of nitrogens with zero attached hydrogens (tertiary/aromatic N) is 1. The first-order chi connectivity index (χ1) is 13.6. The lowest BCUT2D eigenvalue weighted by atomic mass is 10.1. The maximum Gasteiger partial charge on any atom is 0.311 e. The Balaban J connectivity index is 2.10. The maximum absolute atomic E-state index is 12.2. The minimum atomic E-state index is -0.520. The molecule has 7 heteroatoms. The molecule has 0 saturated heterocycles. The molecule has 0 aliphatic carbocycles. The van der Waals surface area contributed by atoms with Crippen LogP contribution in [0.15, 0.2) is 46.6 Å². The monoisotopic (exact) mass is 382 g/mol. The first-order valence-corrected chi connectivity index (χ1v) is 8.88. The van der Waals surface area contributed by atoms with E-state index in [2.05, 4.69) is 5.32 Å².